The molecule has 0 radical (unpaired) electrons. The minimum absolute atomic E-state index is 0.0412. The Morgan fingerprint density at radius 1 is 1.06 bits per heavy atom. The Morgan fingerprint density at radius 3 is 2.50 bits per heavy atom. The summed E-state index contributed by atoms with van der Waals surface area (Å²) in [6, 6.07) is 16.4. The summed E-state index contributed by atoms with van der Waals surface area (Å²) < 4.78 is 34.2. The van der Waals surface area contributed by atoms with Crippen molar-refractivity contribution in [1.29, 1.82) is 0 Å². The number of hydrogen-bond donors (Lipinski definition) is 1. The lowest BCUT2D eigenvalue weighted by Gasteiger charge is -2.07. The van der Waals surface area contributed by atoms with Gasteiger partial charge in [-0.15, -0.1) is 10.2 Å². The Hall–Kier alpha value is -2.99. The Balaban J connectivity index is 1.39. The smallest absolute Gasteiger partial charge is 0.240 e. The number of nitrogens with one attached hydrogen (secondary N) is 1. The Bertz CT molecular complexity index is 1410. The van der Waals surface area contributed by atoms with E-state index in [1.54, 1.807) is 53.0 Å². The van der Waals surface area contributed by atoms with Gasteiger partial charge in [0.15, 0.2) is 17.3 Å². The molecule has 1 N–H and O–H groups in total. The van der Waals surface area contributed by atoms with Crippen molar-refractivity contribution in [1.82, 2.24) is 24.5 Å². The molecule has 0 spiro atoms. The molecule has 0 amide bonds. The van der Waals surface area contributed by atoms with Gasteiger partial charge >= 0.3 is 0 Å². The number of Topliss-reactive ketones (excluding diaryl/α,β-unsaturated/α-hetero) is 1. The van der Waals surface area contributed by atoms with Gasteiger partial charge in [0.2, 0.25) is 10.0 Å². The number of sulfonamides is 1. The van der Waals surface area contributed by atoms with E-state index in [2.05, 4.69) is 20.0 Å². The first kappa shape index (κ1) is 24.1. The van der Waals surface area contributed by atoms with Crippen LogP contribution in [0.4, 0.5) is 0 Å². The minimum atomic E-state index is -3.68. The minimum Gasteiger partial charge on any atom is -0.497 e. The third kappa shape index (κ3) is 5.73. The monoisotopic (exact) mass is 517 g/mol. The number of aromatic nitrogens is 4. The number of halogens is 1. The molecular weight excluding hydrogens is 498 g/mol. The highest BCUT2D eigenvalue weighted by Crippen LogP contribution is 2.19. The van der Waals surface area contributed by atoms with E-state index in [4.69, 9.17) is 16.3 Å². The van der Waals surface area contributed by atoms with Crippen molar-refractivity contribution in [3.8, 4) is 5.75 Å². The molecule has 0 aliphatic carbocycles. The second-order valence-corrected chi connectivity index (χ2v) is 10.3. The fraction of sp³-hybridized carbons (Fsp3) is 0.182. The number of carbonyl (C=O) groups is 1. The molecule has 34 heavy (non-hydrogen) atoms. The number of carbonyl (C=O) groups excluding carboxylic acids is 1. The van der Waals surface area contributed by atoms with Gasteiger partial charge in [-0.05, 0) is 60.7 Å². The normalized spacial score (nSPS) is 11.6. The van der Waals surface area contributed by atoms with Crippen LogP contribution in [0.5, 0.6) is 5.75 Å². The van der Waals surface area contributed by atoms with Gasteiger partial charge in [0.05, 0.1) is 17.8 Å². The zero-order chi connectivity index (χ0) is 24.1. The number of nitrogens with zero attached hydrogens (tertiary/aromatic N) is 4. The van der Waals surface area contributed by atoms with Gasteiger partial charge in [0.1, 0.15) is 10.8 Å². The maximum Gasteiger partial charge on any atom is 0.240 e. The highest BCUT2D eigenvalue weighted by atomic mass is 35.5. The molecule has 4 rings (SSSR count). The van der Waals surface area contributed by atoms with Crippen LogP contribution < -0.4 is 9.46 Å². The van der Waals surface area contributed by atoms with E-state index in [9.17, 15) is 13.2 Å². The predicted molar refractivity (Wildman–Crippen MR) is 129 cm³/mol. The molecule has 176 valence electrons. The van der Waals surface area contributed by atoms with Crippen LogP contribution >= 0.6 is 23.4 Å². The van der Waals surface area contributed by atoms with Crippen molar-refractivity contribution < 1.29 is 17.9 Å². The number of ether oxygens (including phenoxy) is 1. The number of ketones is 1. The number of rotatable bonds is 10. The van der Waals surface area contributed by atoms with E-state index in [1.807, 2.05) is 0 Å². The molecule has 0 saturated heterocycles. The average Bonchev–Trinajstić information content (AvgIpc) is 3.25. The summed E-state index contributed by atoms with van der Waals surface area (Å²) in [6.45, 7) is 0.114. The number of fused-ring (bicyclic) bond motifs is 1. The van der Waals surface area contributed by atoms with Crippen molar-refractivity contribution in [2.24, 2.45) is 0 Å². The summed E-state index contributed by atoms with van der Waals surface area (Å²) in [5, 5.41) is 13.9. The molecule has 0 aliphatic rings. The molecular formula is C22H20ClN5O4S2. The first-order valence-corrected chi connectivity index (χ1v) is 13.0. The zero-order valence-electron chi connectivity index (χ0n) is 18.0. The topological polar surface area (TPSA) is 116 Å². The average molecular weight is 518 g/mol. The van der Waals surface area contributed by atoms with Crippen molar-refractivity contribution in [3.63, 3.8) is 0 Å². The van der Waals surface area contributed by atoms with E-state index in [0.717, 1.165) is 0 Å². The number of hydrogen-bond acceptors (Lipinski definition) is 8. The van der Waals surface area contributed by atoms with Crippen molar-refractivity contribution in [3.05, 3.63) is 77.1 Å². The lowest BCUT2D eigenvalue weighted by atomic mass is 10.1. The molecule has 4 aromatic rings. The molecule has 2 aromatic carbocycles. The molecule has 2 heterocycles. The first-order chi connectivity index (χ1) is 16.4. The van der Waals surface area contributed by atoms with Gasteiger partial charge < -0.3 is 4.74 Å². The summed E-state index contributed by atoms with van der Waals surface area (Å²) in [7, 11) is -2.17. The van der Waals surface area contributed by atoms with Crippen LogP contribution in [0.25, 0.3) is 5.65 Å². The van der Waals surface area contributed by atoms with Gasteiger partial charge in [-0.3, -0.25) is 4.79 Å². The third-order valence-electron chi connectivity index (χ3n) is 4.83. The molecule has 9 nitrogen and oxygen atoms in total. The molecule has 0 fully saturated rings. The quantitative estimate of drug-likeness (QED) is 0.252. The van der Waals surface area contributed by atoms with E-state index in [-0.39, 0.29) is 29.4 Å². The summed E-state index contributed by atoms with van der Waals surface area (Å²) in [6.07, 6.45) is 0.279. The van der Waals surface area contributed by atoms with Crippen LogP contribution in [0.1, 0.15) is 16.2 Å². The molecule has 0 bridgehead atoms. The van der Waals surface area contributed by atoms with E-state index < -0.39 is 10.0 Å². The third-order valence-corrected chi connectivity index (χ3v) is 7.48. The molecule has 0 saturated carbocycles. The maximum atomic E-state index is 12.5. The van der Waals surface area contributed by atoms with Gasteiger partial charge in [-0.25, -0.2) is 13.1 Å². The molecule has 0 atom stereocenters. The Morgan fingerprint density at radius 2 is 1.79 bits per heavy atom. The largest absolute Gasteiger partial charge is 0.497 e. The van der Waals surface area contributed by atoms with Crippen LogP contribution in [-0.4, -0.2) is 53.4 Å². The van der Waals surface area contributed by atoms with Crippen LogP contribution in [0.2, 0.25) is 5.02 Å². The van der Waals surface area contributed by atoms with Crippen molar-refractivity contribution in [2.45, 2.75) is 16.3 Å². The van der Waals surface area contributed by atoms with Crippen LogP contribution in [0.15, 0.2) is 70.6 Å². The summed E-state index contributed by atoms with van der Waals surface area (Å²) in [4.78, 5) is 12.5. The summed E-state index contributed by atoms with van der Waals surface area (Å²) >= 11 is 7.16. The lowest BCUT2D eigenvalue weighted by Crippen LogP contribution is -2.26. The Kier molecular flexibility index (Phi) is 7.47. The van der Waals surface area contributed by atoms with Crippen LogP contribution in [0, 0.1) is 0 Å². The van der Waals surface area contributed by atoms with Gasteiger partial charge in [0.25, 0.3) is 0 Å². The summed E-state index contributed by atoms with van der Waals surface area (Å²) in [5.41, 5.74) is 1.11. The molecule has 12 heteroatoms. The highest BCUT2D eigenvalue weighted by Gasteiger charge is 2.15. The van der Waals surface area contributed by atoms with Crippen LogP contribution in [0.3, 0.4) is 0 Å². The van der Waals surface area contributed by atoms with Gasteiger partial charge in [-0.1, -0.05) is 23.4 Å². The molecule has 0 unspecified atom stereocenters. The second-order valence-electron chi connectivity index (χ2n) is 7.10. The lowest BCUT2D eigenvalue weighted by molar-refractivity contribution is 0.102. The maximum absolute atomic E-state index is 12.5. The fourth-order valence-corrected chi connectivity index (χ4v) is 4.95. The highest BCUT2D eigenvalue weighted by molar-refractivity contribution is 7.99. The molecule has 0 aliphatic heterocycles. The van der Waals surface area contributed by atoms with E-state index >= 15 is 0 Å². The van der Waals surface area contributed by atoms with Gasteiger partial charge in [0, 0.05) is 23.6 Å². The SMILES string of the molecule is COc1ccc(S(=O)(=O)NCCc2nnc3ccc(SCC(=O)c4ccc(Cl)cc4)nn23)cc1. The van der Waals surface area contributed by atoms with E-state index in [0.29, 0.717) is 32.8 Å². The number of methoxy groups -OCH3 is 1. The number of thioether (sulfide) groups is 1. The Labute approximate surface area is 205 Å². The van der Waals surface area contributed by atoms with Gasteiger partial charge in [-0.2, -0.15) is 9.61 Å². The second kappa shape index (κ2) is 10.5. The summed E-state index contributed by atoms with van der Waals surface area (Å²) in [5.74, 6) is 1.24. The van der Waals surface area contributed by atoms with E-state index in [1.165, 1.54) is 31.0 Å². The number of benzene rings is 2. The zero-order valence-corrected chi connectivity index (χ0v) is 20.4. The van der Waals surface area contributed by atoms with Crippen molar-refractivity contribution >= 4 is 44.8 Å². The predicted octanol–water partition coefficient (Wildman–Crippen LogP) is 3.28. The first-order valence-electron chi connectivity index (χ1n) is 10.1. The standard InChI is InChI=1S/C22H20ClN5O4S2/c1-32-17-6-8-18(9-7-17)34(30,31)24-13-12-21-26-25-20-10-11-22(27-28(20)21)33-14-19(29)15-2-4-16(23)5-3-15/h2-11,24H,12-14H2,1H3. The molecule has 2 aromatic heterocycles. The van der Waals surface area contributed by atoms with Crippen LogP contribution in [-0.2, 0) is 16.4 Å². The fourth-order valence-electron chi connectivity index (χ4n) is 3.04. The van der Waals surface area contributed by atoms with Crippen molar-refractivity contribution in [2.75, 3.05) is 19.4 Å².